The molecule has 2 heterocycles. The van der Waals surface area contributed by atoms with Crippen molar-refractivity contribution in [1.29, 1.82) is 0 Å². The van der Waals surface area contributed by atoms with E-state index in [0.717, 1.165) is 16.0 Å². The van der Waals surface area contributed by atoms with Crippen molar-refractivity contribution in [3.05, 3.63) is 92.3 Å². The fourth-order valence-corrected chi connectivity index (χ4v) is 3.97. The predicted octanol–water partition coefficient (Wildman–Crippen LogP) is 4.51. The van der Waals surface area contributed by atoms with Crippen LogP contribution in [0.1, 0.15) is 32.1 Å². The summed E-state index contributed by atoms with van der Waals surface area (Å²) in [5.74, 6) is 0.319. The van der Waals surface area contributed by atoms with E-state index in [1.54, 1.807) is 12.3 Å². The van der Waals surface area contributed by atoms with Crippen molar-refractivity contribution in [3.8, 4) is 5.75 Å². The van der Waals surface area contributed by atoms with Gasteiger partial charge in [0.25, 0.3) is 11.5 Å². The molecule has 0 fully saturated rings. The first-order valence-electron chi connectivity index (χ1n) is 9.49. The lowest BCUT2D eigenvalue weighted by molar-refractivity contribution is 0.102. The molecule has 2 aromatic carbocycles. The van der Waals surface area contributed by atoms with Crippen LogP contribution in [0.4, 0.5) is 5.69 Å². The van der Waals surface area contributed by atoms with Gasteiger partial charge < -0.3 is 10.1 Å². The molecule has 0 saturated heterocycles. The molecule has 30 heavy (non-hydrogen) atoms. The Morgan fingerprint density at radius 1 is 1.10 bits per heavy atom. The highest BCUT2D eigenvalue weighted by Crippen LogP contribution is 2.27. The molecule has 7 heteroatoms. The van der Waals surface area contributed by atoms with Crippen molar-refractivity contribution in [1.82, 2.24) is 9.38 Å². The topological polar surface area (TPSA) is 72.7 Å². The maximum absolute atomic E-state index is 12.6. The number of amides is 1. The Labute approximate surface area is 177 Å². The van der Waals surface area contributed by atoms with Crippen molar-refractivity contribution >= 4 is 27.9 Å². The minimum Gasteiger partial charge on any atom is -0.485 e. The van der Waals surface area contributed by atoms with Crippen molar-refractivity contribution < 1.29 is 9.53 Å². The van der Waals surface area contributed by atoms with E-state index in [1.165, 1.54) is 21.8 Å². The molecule has 152 valence electrons. The second-order valence-corrected chi connectivity index (χ2v) is 8.41. The van der Waals surface area contributed by atoms with Crippen molar-refractivity contribution in [2.45, 2.75) is 27.4 Å². The minimum absolute atomic E-state index is 0.124. The maximum atomic E-state index is 12.6. The van der Waals surface area contributed by atoms with Gasteiger partial charge in [-0.2, -0.15) is 0 Å². The number of hydrogen-bond donors (Lipinski definition) is 1. The van der Waals surface area contributed by atoms with E-state index in [4.69, 9.17) is 4.74 Å². The Hall–Kier alpha value is -3.45. The molecule has 1 amide bonds. The summed E-state index contributed by atoms with van der Waals surface area (Å²) in [7, 11) is 0. The van der Waals surface area contributed by atoms with Crippen LogP contribution in [0.5, 0.6) is 5.75 Å². The number of rotatable bonds is 5. The standard InChI is InChI=1S/C23H21N3O3S/c1-14-5-4-6-17(9-14)22(28)25-19-8-7-15(2)10-20(19)29-13-18-11-21(27)26-12-16(3)30-23(26)24-18/h4-12H,13H2,1-3H3,(H,25,28). The number of aromatic nitrogens is 2. The fraction of sp³-hybridized carbons (Fsp3) is 0.174. The molecule has 2 aromatic heterocycles. The van der Waals surface area contributed by atoms with Gasteiger partial charge in [0.2, 0.25) is 0 Å². The van der Waals surface area contributed by atoms with Gasteiger partial charge in [-0.05, 0) is 50.6 Å². The number of benzene rings is 2. The molecule has 0 bridgehead atoms. The van der Waals surface area contributed by atoms with E-state index < -0.39 is 0 Å². The van der Waals surface area contributed by atoms with Gasteiger partial charge in [-0.3, -0.25) is 14.0 Å². The number of anilines is 1. The summed E-state index contributed by atoms with van der Waals surface area (Å²) in [5.41, 5.74) is 3.56. The summed E-state index contributed by atoms with van der Waals surface area (Å²) in [6.45, 7) is 5.95. The van der Waals surface area contributed by atoms with Crippen molar-refractivity contribution in [3.63, 3.8) is 0 Å². The van der Waals surface area contributed by atoms with Crippen LogP contribution in [0.25, 0.3) is 4.96 Å². The van der Waals surface area contributed by atoms with E-state index in [9.17, 15) is 9.59 Å². The van der Waals surface area contributed by atoms with Gasteiger partial charge in [0, 0.05) is 22.7 Å². The monoisotopic (exact) mass is 419 g/mol. The number of hydrogen-bond acceptors (Lipinski definition) is 5. The fourth-order valence-electron chi connectivity index (χ4n) is 3.12. The summed E-state index contributed by atoms with van der Waals surface area (Å²) in [6.07, 6.45) is 1.78. The number of carbonyl (C=O) groups excluding carboxylic acids is 1. The van der Waals surface area contributed by atoms with E-state index in [0.29, 0.717) is 27.7 Å². The zero-order chi connectivity index (χ0) is 21.3. The normalized spacial score (nSPS) is 10.9. The SMILES string of the molecule is Cc1cccc(C(=O)Nc2ccc(C)cc2OCc2cc(=O)n3cc(C)sc3n2)c1. The molecule has 4 aromatic rings. The van der Waals surface area contributed by atoms with E-state index >= 15 is 0 Å². The summed E-state index contributed by atoms with van der Waals surface area (Å²) in [5, 5.41) is 2.91. The molecule has 0 atom stereocenters. The number of nitrogens with zero attached hydrogens (tertiary/aromatic N) is 2. The third-order valence-corrected chi connectivity index (χ3v) is 5.48. The lowest BCUT2D eigenvalue weighted by Crippen LogP contribution is -2.15. The molecule has 0 unspecified atom stereocenters. The molecule has 0 radical (unpaired) electrons. The Morgan fingerprint density at radius 2 is 1.90 bits per heavy atom. The van der Waals surface area contributed by atoms with E-state index in [2.05, 4.69) is 10.3 Å². The smallest absolute Gasteiger partial charge is 0.258 e. The second kappa shape index (κ2) is 8.12. The highest BCUT2D eigenvalue weighted by molar-refractivity contribution is 7.16. The predicted molar refractivity (Wildman–Crippen MR) is 119 cm³/mol. The summed E-state index contributed by atoms with van der Waals surface area (Å²) < 4.78 is 7.49. The third kappa shape index (κ3) is 4.26. The van der Waals surface area contributed by atoms with Crippen LogP contribution in [0.15, 0.2) is 59.5 Å². The second-order valence-electron chi connectivity index (χ2n) is 7.19. The third-order valence-electron chi connectivity index (χ3n) is 4.58. The molecular weight excluding hydrogens is 398 g/mol. The largest absolute Gasteiger partial charge is 0.485 e. The number of ether oxygens (including phenoxy) is 1. The number of fused-ring (bicyclic) bond motifs is 1. The molecule has 0 saturated carbocycles. The van der Waals surface area contributed by atoms with Crippen LogP contribution < -0.4 is 15.6 Å². The van der Waals surface area contributed by atoms with Crippen LogP contribution in [0.3, 0.4) is 0 Å². The van der Waals surface area contributed by atoms with E-state index in [1.807, 2.05) is 57.2 Å². The van der Waals surface area contributed by atoms with Gasteiger partial charge >= 0.3 is 0 Å². The van der Waals surface area contributed by atoms with Crippen LogP contribution in [-0.4, -0.2) is 15.3 Å². The first kappa shape index (κ1) is 19.8. The van der Waals surface area contributed by atoms with Crippen LogP contribution >= 0.6 is 11.3 Å². The molecular formula is C23H21N3O3S. The van der Waals surface area contributed by atoms with Gasteiger partial charge in [0.05, 0.1) is 11.4 Å². The molecule has 0 spiro atoms. The van der Waals surface area contributed by atoms with Gasteiger partial charge in [-0.1, -0.05) is 23.8 Å². The molecule has 1 N–H and O–H groups in total. The zero-order valence-corrected chi connectivity index (χ0v) is 17.7. The highest BCUT2D eigenvalue weighted by atomic mass is 32.1. The number of nitrogens with one attached hydrogen (secondary N) is 1. The Morgan fingerprint density at radius 3 is 2.70 bits per heavy atom. The van der Waals surface area contributed by atoms with Gasteiger partial charge in [0.1, 0.15) is 12.4 Å². The average Bonchev–Trinajstić information content (AvgIpc) is 3.09. The maximum Gasteiger partial charge on any atom is 0.258 e. The average molecular weight is 420 g/mol. The zero-order valence-electron chi connectivity index (χ0n) is 16.9. The molecule has 0 aliphatic carbocycles. The molecule has 6 nitrogen and oxygen atoms in total. The summed E-state index contributed by atoms with van der Waals surface area (Å²) >= 11 is 1.45. The van der Waals surface area contributed by atoms with Gasteiger partial charge in [0.15, 0.2) is 4.96 Å². The van der Waals surface area contributed by atoms with Crippen LogP contribution in [-0.2, 0) is 6.61 Å². The quantitative estimate of drug-likeness (QED) is 0.516. The van der Waals surface area contributed by atoms with Gasteiger partial charge in [-0.25, -0.2) is 4.98 Å². The van der Waals surface area contributed by atoms with Crippen LogP contribution in [0, 0.1) is 20.8 Å². The Kier molecular flexibility index (Phi) is 5.37. The van der Waals surface area contributed by atoms with Crippen molar-refractivity contribution in [2.75, 3.05) is 5.32 Å². The lowest BCUT2D eigenvalue weighted by Gasteiger charge is -2.13. The Balaban J connectivity index is 1.56. The van der Waals surface area contributed by atoms with Crippen molar-refractivity contribution in [2.24, 2.45) is 0 Å². The number of carbonyl (C=O) groups is 1. The Bertz CT molecular complexity index is 1310. The minimum atomic E-state index is -0.209. The highest BCUT2D eigenvalue weighted by Gasteiger charge is 2.12. The summed E-state index contributed by atoms with van der Waals surface area (Å²) in [4.78, 5) is 31.1. The van der Waals surface area contributed by atoms with Gasteiger partial charge in [-0.15, -0.1) is 11.3 Å². The first-order chi connectivity index (χ1) is 14.4. The number of thiazole rings is 1. The lowest BCUT2D eigenvalue weighted by atomic mass is 10.1. The first-order valence-corrected chi connectivity index (χ1v) is 10.3. The number of aryl methyl sites for hydroxylation is 3. The van der Waals surface area contributed by atoms with Crippen LogP contribution in [0.2, 0.25) is 0 Å². The summed E-state index contributed by atoms with van der Waals surface area (Å²) in [6, 6.07) is 14.4. The van der Waals surface area contributed by atoms with E-state index in [-0.39, 0.29) is 18.1 Å². The molecule has 0 aliphatic heterocycles. The molecule has 4 rings (SSSR count). The molecule has 0 aliphatic rings.